The van der Waals surface area contributed by atoms with Gasteiger partial charge in [0, 0.05) is 30.4 Å². The topological polar surface area (TPSA) is 120 Å². The summed E-state index contributed by atoms with van der Waals surface area (Å²) in [7, 11) is 0. The fraction of sp³-hybridized carbons (Fsp3) is 0.444. The van der Waals surface area contributed by atoms with Crippen LogP contribution < -0.4 is 10.6 Å². The third-order valence-corrected chi connectivity index (χ3v) is 6.56. The van der Waals surface area contributed by atoms with E-state index in [9.17, 15) is 5.11 Å². The molecule has 5 rings (SSSR count). The molecular formula is C18H20N6O3S. The number of nitrogen functional groups attached to an aromatic ring is 1. The Kier molecular flexibility index (Phi) is 4.16. The zero-order valence-electron chi connectivity index (χ0n) is 15.4. The molecule has 3 N–H and O–H groups in total. The van der Waals surface area contributed by atoms with Gasteiger partial charge in [-0.15, -0.1) is 11.3 Å². The number of aromatic nitrogens is 4. The van der Waals surface area contributed by atoms with Gasteiger partial charge in [-0.1, -0.05) is 0 Å². The first-order valence-electron chi connectivity index (χ1n) is 9.07. The summed E-state index contributed by atoms with van der Waals surface area (Å²) < 4.78 is 11.7. The van der Waals surface area contributed by atoms with Crippen LogP contribution in [0, 0.1) is 6.92 Å². The van der Waals surface area contributed by atoms with Crippen molar-refractivity contribution in [3.63, 3.8) is 0 Å². The van der Waals surface area contributed by atoms with Crippen LogP contribution in [-0.2, 0) is 15.1 Å². The van der Waals surface area contributed by atoms with Crippen molar-refractivity contribution in [3.8, 4) is 11.4 Å². The van der Waals surface area contributed by atoms with Gasteiger partial charge in [0.05, 0.1) is 42.2 Å². The van der Waals surface area contributed by atoms with E-state index in [4.69, 9.17) is 25.2 Å². The van der Waals surface area contributed by atoms with Gasteiger partial charge < -0.3 is 25.2 Å². The number of anilines is 2. The molecule has 2 saturated heterocycles. The maximum atomic E-state index is 10.9. The number of morpholine rings is 1. The van der Waals surface area contributed by atoms with Crippen LogP contribution in [0.2, 0.25) is 0 Å². The normalized spacial score (nSPS) is 19.0. The molecule has 0 radical (unpaired) electrons. The van der Waals surface area contributed by atoms with Crippen molar-refractivity contribution < 1.29 is 14.6 Å². The van der Waals surface area contributed by atoms with Crippen LogP contribution in [0.15, 0.2) is 12.4 Å². The van der Waals surface area contributed by atoms with E-state index in [2.05, 4.69) is 14.9 Å². The molecule has 0 aromatic carbocycles. The Morgan fingerprint density at radius 3 is 2.50 bits per heavy atom. The van der Waals surface area contributed by atoms with Crippen LogP contribution in [0.1, 0.15) is 10.4 Å². The minimum absolute atomic E-state index is 0.208. The smallest absolute Gasteiger partial charge is 0.219 e. The largest absolute Gasteiger partial charge is 0.379 e. The lowest BCUT2D eigenvalue weighted by molar-refractivity contribution is -0.182. The molecule has 2 aliphatic heterocycles. The summed E-state index contributed by atoms with van der Waals surface area (Å²) in [5.74, 6) is 1.60. The van der Waals surface area contributed by atoms with Crippen molar-refractivity contribution in [3.05, 3.63) is 22.8 Å². The number of rotatable bonds is 3. The molecule has 146 valence electrons. The van der Waals surface area contributed by atoms with Crippen molar-refractivity contribution in [1.29, 1.82) is 0 Å². The minimum atomic E-state index is -0.942. The number of fused-ring (bicyclic) bond motifs is 1. The van der Waals surface area contributed by atoms with Gasteiger partial charge in [-0.2, -0.15) is 0 Å². The van der Waals surface area contributed by atoms with Crippen molar-refractivity contribution in [2.24, 2.45) is 0 Å². The first-order valence-corrected chi connectivity index (χ1v) is 9.89. The lowest BCUT2D eigenvalue weighted by Gasteiger charge is -2.36. The average Bonchev–Trinajstić information content (AvgIpc) is 3.04. The van der Waals surface area contributed by atoms with E-state index in [1.165, 1.54) is 0 Å². The third-order valence-electron chi connectivity index (χ3n) is 5.09. The van der Waals surface area contributed by atoms with E-state index in [-0.39, 0.29) is 5.95 Å². The molecule has 9 nitrogen and oxygen atoms in total. The van der Waals surface area contributed by atoms with E-state index in [1.807, 2.05) is 6.92 Å². The Balaban J connectivity index is 1.71. The van der Waals surface area contributed by atoms with Gasteiger partial charge in [0.1, 0.15) is 5.60 Å². The highest BCUT2D eigenvalue weighted by Gasteiger charge is 2.41. The number of aryl methyl sites for hydroxylation is 1. The van der Waals surface area contributed by atoms with Gasteiger partial charge in [0.15, 0.2) is 11.6 Å². The van der Waals surface area contributed by atoms with Crippen LogP contribution in [0.4, 0.5) is 11.8 Å². The summed E-state index contributed by atoms with van der Waals surface area (Å²) in [6, 6.07) is 0. The second kappa shape index (κ2) is 6.59. The Hall–Kier alpha value is -2.40. The molecule has 5 heterocycles. The SMILES string of the molecule is Cc1c(C2(O)COC2)sc2c(N3CCOCC3)nc(-c3cnc(N)nc3)nc12. The number of thiophene rings is 1. The highest BCUT2D eigenvalue weighted by atomic mass is 32.1. The van der Waals surface area contributed by atoms with Gasteiger partial charge >= 0.3 is 0 Å². The molecule has 3 aromatic rings. The van der Waals surface area contributed by atoms with Crippen molar-refractivity contribution >= 4 is 33.3 Å². The summed E-state index contributed by atoms with van der Waals surface area (Å²) in [4.78, 5) is 20.9. The molecule has 0 aliphatic carbocycles. The molecule has 0 saturated carbocycles. The van der Waals surface area contributed by atoms with Gasteiger partial charge in [0.2, 0.25) is 5.95 Å². The van der Waals surface area contributed by atoms with Crippen molar-refractivity contribution in [2.75, 3.05) is 50.2 Å². The monoisotopic (exact) mass is 400 g/mol. The molecule has 2 fully saturated rings. The maximum absolute atomic E-state index is 10.9. The molecule has 2 aliphatic rings. The fourth-order valence-corrected chi connectivity index (χ4v) is 4.84. The Morgan fingerprint density at radius 2 is 1.86 bits per heavy atom. The summed E-state index contributed by atoms with van der Waals surface area (Å²) in [6.45, 7) is 5.41. The lowest BCUT2D eigenvalue weighted by Crippen LogP contribution is -2.46. The van der Waals surface area contributed by atoms with Crippen LogP contribution >= 0.6 is 11.3 Å². The predicted octanol–water partition coefficient (Wildman–Crippen LogP) is 1.09. The average molecular weight is 400 g/mol. The number of hydrogen-bond acceptors (Lipinski definition) is 10. The Bertz CT molecular complexity index is 1030. The summed E-state index contributed by atoms with van der Waals surface area (Å²) in [5, 5.41) is 10.9. The molecule has 0 amide bonds. The molecular weight excluding hydrogens is 380 g/mol. The second-order valence-corrected chi connectivity index (χ2v) is 8.08. The highest BCUT2D eigenvalue weighted by molar-refractivity contribution is 7.20. The van der Waals surface area contributed by atoms with Gasteiger partial charge in [-0.05, 0) is 12.5 Å². The van der Waals surface area contributed by atoms with E-state index in [1.54, 1.807) is 23.7 Å². The molecule has 3 aromatic heterocycles. The van der Waals surface area contributed by atoms with E-state index >= 15 is 0 Å². The van der Waals surface area contributed by atoms with Crippen LogP contribution in [0.5, 0.6) is 0 Å². The van der Waals surface area contributed by atoms with Crippen molar-refractivity contribution in [1.82, 2.24) is 19.9 Å². The number of ether oxygens (including phenoxy) is 2. The Morgan fingerprint density at radius 1 is 1.14 bits per heavy atom. The third kappa shape index (κ3) is 2.80. The molecule has 28 heavy (non-hydrogen) atoms. The first-order chi connectivity index (χ1) is 13.5. The summed E-state index contributed by atoms with van der Waals surface area (Å²) in [5.41, 5.74) is 7.17. The van der Waals surface area contributed by atoms with Gasteiger partial charge in [-0.25, -0.2) is 19.9 Å². The fourth-order valence-electron chi connectivity index (χ4n) is 3.52. The molecule has 0 bridgehead atoms. The van der Waals surface area contributed by atoms with Crippen molar-refractivity contribution in [2.45, 2.75) is 12.5 Å². The number of hydrogen-bond donors (Lipinski definition) is 2. The zero-order chi connectivity index (χ0) is 19.3. The summed E-state index contributed by atoms with van der Waals surface area (Å²) in [6.07, 6.45) is 3.25. The number of aliphatic hydroxyl groups is 1. The van der Waals surface area contributed by atoms with E-state index in [0.29, 0.717) is 37.8 Å². The number of nitrogens with zero attached hydrogens (tertiary/aromatic N) is 5. The first kappa shape index (κ1) is 17.7. The van der Waals surface area contributed by atoms with Crippen LogP contribution in [0.3, 0.4) is 0 Å². The van der Waals surface area contributed by atoms with Crippen LogP contribution in [0.25, 0.3) is 21.6 Å². The summed E-state index contributed by atoms with van der Waals surface area (Å²) >= 11 is 1.54. The number of nitrogens with two attached hydrogens (primary N) is 1. The van der Waals surface area contributed by atoms with Gasteiger partial charge in [-0.3, -0.25) is 0 Å². The predicted molar refractivity (Wildman–Crippen MR) is 105 cm³/mol. The van der Waals surface area contributed by atoms with E-state index in [0.717, 1.165) is 39.6 Å². The Labute approximate surface area is 165 Å². The second-order valence-electron chi connectivity index (χ2n) is 7.06. The molecule has 0 atom stereocenters. The van der Waals surface area contributed by atoms with Crippen LogP contribution in [-0.4, -0.2) is 64.6 Å². The molecule has 10 heteroatoms. The molecule has 0 spiro atoms. The van der Waals surface area contributed by atoms with E-state index < -0.39 is 5.60 Å². The maximum Gasteiger partial charge on any atom is 0.219 e. The highest BCUT2D eigenvalue weighted by Crippen LogP contribution is 2.43. The van der Waals surface area contributed by atoms with Gasteiger partial charge in [0.25, 0.3) is 0 Å². The lowest BCUT2D eigenvalue weighted by atomic mass is 9.97. The standard InChI is InChI=1S/C18H20N6O3S/c1-10-12-13(28-14(10)18(25)8-27-9-18)16(24-2-4-26-5-3-24)23-15(22-12)11-6-20-17(19)21-7-11/h6-7,25H,2-5,8-9H2,1H3,(H2,19,20,21). The minimum Gasteiger partial charge on any atom is -0.379 e. The quantitative estimate of drug-likeness (QED) is 0.666. The molecule has 0 unspecified atom stereocenters. The zero-order valence-corrected chi connectivity index (χ0v) is 16.2.